The first-order valence-electron chi connectivity index (χ1n) is 6.34. The molecule has 0 bridgehead atoms. The zero-order chi connectivity index (χ0) is 14.0. The van der Waals surface area contributed by atoms with Crippen molar-refractivity contribution in [3.05, 3.63) is 59.4 Å². The molecule has 0 unspecified atom stereocenters. The molecule has 2 nitrogen and oxygen atoms in total. The van der Waals surface area contributed by atoms with E-state index in [4.69, 9.17) is 5.73 Å². The molecule has 0 fully saturated rings. The van der Waals surface area contributed by atoms with Gasteiger partial charge in [-0.05, 0) is 49.2 Å². The van der Waals surface area contributed by atoms with Crippen LogP contribution in [0, 0.1) is 12.7 Å². The first-order valence-corrected chi connectivity index (χ1v) is 6.34. The number of hydrogen-bond donors (Lipinski definition) is 1. The van der Waals surface area contributed by atoms with Gasteiger partial charge in [-0.2, -0.15) is 0 Å². The van der Waals surface area contributed by atoms with E-state index < -0.39 is 0 Å². The number of nitrogens with two attached hydrogens (primary N) is 1. The van der Waals surface area contributed by atoms with Gasteiger partial charge in [0.1, 0.15) is 5.82 Å². The molecule has 0 spiro atoms. The van der Waals surface area contributed by atoms with Crippen LogP contribution in [-0.2, 0) is 0 Å². The maximum Gasteiger partial charge on any atom is 0.147 e. The number of nitrogens with zero attached hydrogens (tertiary/aromatic N) is 1. The van der Waals surface area contributed by atoms with Gasteiger partial charge in [-0.25, -0.2) is 4.39 Å². The highest BCUT2D eigenvalue weighted by atomic mass is 19.1. The third-order valence-corrected chi connectivity index (χ3v) is 3.25. The molecule has 0 aliphatic rings. The van der Waals surface area contributed by atoms with E-state index >= 15 is 0 Å². The fourth-order valence-corrected chi connectivity index (χ4v) is 2.05. The van der Waals surface area contributed by atoms with Gasteiger partial charge in [0.15, 0.2) is 0 Å². The molecule has 0 heterocycles. The molecule has 2 N–H and O–H groups in total. The van der Waals surface area contributed by atoms with E-state index in [0.29, 0.717) is 5.69 Å². The third-order valence-electron chi connectivity index (χ3n) is 3.25. The van der Waals surface area contributed by atoms with Gasteiger partial charge in [0.2, 0.25) is 0 Å². The minimum Gasteiger partial charge on any atom is -0.342 e. The Bertz CT molecular complexity index is 579. The lowest BCUT2D eigenvalue weighted by Gasteiger charge is -2.21. The van der Waals surface area contributed by atoms with Crippen molar-refractivity contribution in [2.75, 3.05) is 11.9 Å². The monoisotopic (exact) mass is 258 g/mol. The van der Waals surface area contributed by atoms with Gasteiger partial charge in [-0.1, -0.05) is 18.2 Å². The van der Waals surface area contributed by atoms with Crippen LogP contribution in [0.3, 0.4) is 0 Å². The maximum absolute atomic E-state index is 14.1. The summed E-state index contributed by atoms with van der Waals surface area (Å²) in [5.74, 6) is -0.251. The van der Waals surface area contributed by atoms with E-state index in [-0.39, 0.29) is 11.9 Å². The number of benzene rings is 2. The molecular formula is C16H19FN2. The predicted molar refractivity (Wildman–Crippen MR) is 78.2 cm³/mol. The average Bonchev–Trinajstić information content (AvgIpc) is 2.37. The van der Waals surface area contributed by atoms with Crippen molar-refractivity contribution < 1.29 is 4.39 Å². The van der Waals surface area contributed by atoms with Crippen molar-refractivity contribution in [2.24, 2.45) is 5.73 Å². The van der Waals surface area contributed by atoms with Crippen molar-refractivity contribution in [2.45, 2.75) is 19.9 Å². The largest absolute Gasteiger partial charge is 0.342 e. The van der Waals surface area contributed by atoms with Gasteiger partial charge in [0, 0.05) is 18.8 Å². The van der Waals surface area contributed by atoms with Crippen molar-refractivity contribution >= 4 is 11.4 Å². The molecule has 0 aromatic heterocycles. The predicted octanol–water partition coefficient (Wildman–Crippen LogP) is 3.92. The lowest BCUT2D eigenvalue weighted by atomic mass is 10.1. The highest BCUT2D eigenvalue weighted by molar-refractivity contribution is 5.64. The first kappa shape index (κ1) is 13.6. The van der Waals surface area contributed by atoms with E-state index in [1.54, 1.807) is 6.07 Å². The topological polar surface area (TPSA) is 29.3 Å². The average molecular weight is 258 g/mol. The smallest absolute Gasteiger partial charge is 0.147 e. The second-order valence-corrected chi connectivity index (χ2v) is 4.90. The zero-order valence-electron chi connectivity index (χ0n) is 11.5. The number of anilines is 2. The number of hydrogen-bond acceptors (Lipinski definition) is 2. The molecule has 100 valence electrons. The standard InChI is InChI=1S/C16H19FN2/c1-11-5-4-6-14(9-11)19(3)16-8-7-13(12(2)18)10-15(16)17/h4-10,12H,18H2,1-3H3/t12-/m1/s1. The molecule has 0 saturated carbocycles. The van der Waals surface area contributed by atoms with Crippen LogP contribution >= 0.6 is 0 Å². The van der Waals surface area contributed by atoms with Gasteiger partial charge in [-0.15, -0.1) is 0 Å². The molecule has 0 radical (unpaired) electrons. The summed E-state index contributed by atoms with van der Waals surface area (Å²) >= 11 is 0. The lowest BCUT2D eigenvalue weighted by Crippen LogP contribution is -2.12. The Morgan fingerprint density at radius 1 is 1.16 bits per heavy atom. The molecule has 0 aliphatic carbocycles. The molecule has 2 aromatic carbocycles. The summed E-state index contributed by atoms with van der Waals surface area (Å²) in [4.78, 5) is 1.84. The second kappa shape index (κ2) is 5.41. The molecule has 0 amide bonds. The van der Waals surface area contributed by atoms with Crippen LogP contribution in [0.2, 0.25) is 0 Å². The number of halogens is 1. The summed E-state index contributed by atoms with van der Waals surface area (Å²) in [5, 5.41) is 0. The highest BCUT2D eigenvalue weighted by Gasteiger charge is 2.11. The van der Waals surface area contributed by atoms with Gasteiger partial charge < -0.3 is 10.6 Å². The van der Waals surface area contributed by atoms with Crippen molar-refractivity contribution in [3.63, 3.8) is 0 Å². The Hall–Kier alpha value is -1.87. The van der Waals surface area contributed by atoms with Gasteiger partial charge in [0.05, 0.1) is 5.69 Å². The first-order chi connectivity index (χ1) is 8.99. The molecule has 2 rings (SSSR count). The number of rotatable bonds is 3. The molecule has 2 aromatic rings. The van der Waals surface area contributed by atoms with E-state index in [1.807, 2.05) is 56.1 Å². The Kier molecular flexibility index (Phi) is 3.86. The second-order valence-electron chi connectivity index (χ2n) is 4.90. The zero-order valence-corrected chi connectivity index (χ0v) is 11.5. The van der Waals surface area contributed by atoms with E-state index in [1.165, 1.54) is 6.07 Å². The summed E-state index contributed by atoms with van der Waals surface area (Å²) < 4.78 is 14.1. The molecule has 0 saturated heterocycles. The Balaban J connectivity index is 2.36. The SMILES string of the molecule is Cc1cccc(N(C)c2ccc([C@@H](C)N)cc2F)c1. The molecule has 1 atom stereocenters. The van der Waals surface area contributed by atoms with Crippen molar-refractivity contribution in [3.8, 4) is 0 Å². The normalized spacial score (nSPS) is 12.3. The highest BCUT2D eigenvalue weighted by Crippen LogP contribution is 2.28. The van der Waals surface area contributed by atoms with Crippen LogP contribution in [0.25, 0.3) is 0 Å². The molecular weight excluding hydrogens is 239 g/mol. The lowest BCUT2D eigenvalue weighted by molar-refractivity contribution is 0.622. The molecule has 19 heavy (non-hydrogen) atoms. The van der Waals surface area contributed by atoms with Crippen LogP contribution in [0.1, 0.15) is 24.1 Å². The summed E-state index contributed by atoms with van der Waals surface area (Å²) in [6.07, 6.45) is 0. The van der Waals surface area contributed by atoms with E-state index in [0.717, 1.165) is 16.8 Å². The van der Waals surface area contributed by atoms with Gasteiger partial charge in [0.25, 0.3) is 0 Å². The quantitative estimate of drug-likeness (QED) is 0.904. The maximum atomic E-state index is 14.1. The van der Waals surface area contributed by atoms with Crippen LogP contribution in [0.15, 0.2) is 42.5 Å². The Morgan fingerprint density at radius 2 is 1.89 bits per heavy atom. The van der Waals surface area contributed by atoms with Crippen LogP contribution in [0.5, 0.6) is 0 Å². The van der Waals surface area contributed by atoms with Crippen LogP contribution in [-0.4, -0.2) is 7.05 Å². The summed E-state index contributed by atoms with van der Waals surface area (Å²) in [5.41, 5.74) is 9.23. The van der Waals surface area contributed by atoms with Crippen LogP contribution < -0.4 is 10.6 Å². The Morgan fingerprint density at radius 3 is 2.47 bits per heavy atom. The summed E-state index contributed by atoms with van der Waals surface area (Å²) in [6, 6.07) is 13.0. The van der Waals surface area contributed by atoms with Gasteiger partial charge >= 0.3 is 0 Å². The third kappa shape index (κ3) is 2.93. The fourth-order valence-electron chi connectivity index (χ4n) is 2.05. The van der Waals surface area contributed by atoms with E-state index in [9.17, 15) is 4.39 Å². The minimum absolute atomic E-state index is 0.159. The van der Waals surface area contributed by atoms with E-state index in [2.05, 4.69) is 0 Å². The molecule has 0 aliphatic heterocycles. The van der Waals surface area contributed by atoms with Crippen molar-refractivity contribution in [1.29, 1.82) is 0 Å². The van der Waals surface area contributed by atoms with Crippen LogP contribution in [0.4, 0.5) is 15.8 Å². The Labute approximate surface area is 113 Å². The molecule has 3 heteroatoms. The minimum atomic E-state index is -0.251. The van der Waals surface area contributed by atoms with Crippen molar-refractivity contribution in [1.82, 2.24) is 0 Å². The van der Waals surface area contributed by atoms with Gasteiger partial charge in [-0.3, -0.25) is 0 Å². The summed E-state index contributed by atoms with van der Waals surface area (Å²) in [6.45, 7) is 3.87. The number of aryl methyl sites for hydroxylation is 1. The summed E-state index contributed by atoms with van der Waals surface area (Å²) in [7, 11) is 1.86. The fraction of sp³-hybridized carbons (Fsp3) is 0.250.